The van der Waals surface area contributed by atoms with Crippen LogP contribution >= 0.6 is 0 Å². The number of rotatable bonds is 60. The van der Waals surface area contributed by atoms with E-state index in [1.165, 1.54) is 173 Å². The Morgan fingerprint density at radius 3 is 0.857 bits per heavy atom. The summed E-state index contributed by atoms with van der Waals surface area (Å²) in [6, 6.07) is 0. The van der Waals surface area contributed by atoms with Gasteiger partial charge in [0, 0.05) is 19.3 Å². The van der Waals surface area contributed by atoms with Crippen LogP contribution in [0.3, 0.4) is 0 Å². The van der Waals surface area contributed by atoms with Gasteiger partial charge in [-0.25, -0.2) is 0 Å². The third-order valence-corrected chi connectivity index (χ3v) is 14.3. The topological polar surface area (TPSA) is 78.9 Å². The average molecular weight is 1070 g/mol. The number of ether oxygens (including phenoxy) is 3. The van der Waals surface area contributed by atoms with Gasteiger partial charge in [0.15, 0.2) is 6.10 Å². The molecular weight excluding hydrogens is 949 g/mol. The lowest BCUT2D eigenvalue weighted by atomic mass is 10.0. The maximum atomic E-state index is 12.8. The van der Waals surface area contributed by atoms with Crippen molar-refractivity contribution < 1.29 is 28.6 Å². The van der Waals surface area contributed by atoms with Crippen LogP contribution in [0.5, 0.6) is 0 Å². The molecule has 0 radical (unpaired) electrons. The van der Waals surface area contributed by atoms with E-state index in [0.717, 1.165) is 116 Å². The average Bonchev–Trinajstić information content (AvgIpc) is 3.43. The van der Waals surface area contributed by atoms with Crippen molar-refractivity contribution in [2.75, 3.05) is 13.2 Å². The summed E-state index contributed by atoms with van der Waals surface area (Å²) in [4.78, 5) is 38.1. The Hall–Kier alpha value is -3.41. The van der Waals surface area contributed by atoms with Crippen LogP contribution in [-0.4, -0.2) is 37.2 Å². The molecule has 0 N–H and O–H groups in total. The maximum absolute atomic E-state index is 12.8. The zero-order valence-electron chi connectivity index (χ0n) is 51.0. The number of carbonyl (C=O) groups is 3. The Balaban J connectivity index is 4.04. The maximum Gasteiger partial charge on any atom is 0.306 e. The molecule has 0 aliphatic carbocycles. The number of hydrogen-bond donors (Lipinski definition) is 0. The molecule has 1 unspecified atom stereocenters. The van der Waals surface area contributed by atoms with E-state index < -0.39 is 6.10 Å². The fraction of sp³-hybridized carbons (Fsp3) is 0.761. The first-order valence-corrected chi connectivity index (χ1v) is 33.1. The Morgan fingerprint density at radius 1 is 0.273 bits per heavy atom. The molecule has 0 rings (SSSR count). The lowest BCUT2D eigenvalue weighted by molar-refractivity contribution is -0.167. The fourth-order valence-corrected chi connectivity index (χ4v) is 9.41. The highest BCUT2D eigenvalue weighted by Crippen LogP contribution is 2.17. The van der Waals surface area contributed by atoms with Crippen LogP contribution < -0.4 is 0 Å². The second-order valence-corrected chi connectivity index (χ2v) is 22.0. The molecule has 6 heteroatoms. The highest BCUT2D eigenvalue weighted by molar-refractivity contribution is 5.71. The quantitative estimate of drug-likeness (QED) is 0.0261. The lowest BCUT2D eigenvalue weighted by Crippen LogP contribution is -2.30. The van der Waals surface area contributed by atoms with Crippen molar-refractivity contribution >= 4 is 17.9 Å². The standard InChI is InChI=1S/C71H124O6/c1-4-7-10-13-16-19-22-24-26-27-28-29-30-31-32-33-34-35-36-37-38-39-40-41-42-43-44-45-46-48-49-52-55-58-61-64-70(73)76-67-68(66-75-69(72)63-60-57-54-51-21-18-15-12-9-6-3)77-71(74)65-62-59-56-53-50-47-25-23-20-17-14-11-8-5-2/h7,10,12,15-16,19,23-26,28-29,31-32,68H,4-6,8-9,11,13-14,17-18,20-22,27,30,33-67H2,1-3H3/b10-7-,15-12-,19-16-,25-23-,26-24-,29-28-,32-31-. The summed E-state index contributed by atoms with van der Waals surface area (Å²) in [6.45, 7) is 6.47. The Bertz CT molecular complexity index is 1470. The summed E-state index contributed by atoms with van der Waals surface area (Å²) in [7, 11) is 0. The van der Waals surface area contributed by atoms with Gasteiger partial charge in [0.1, 0.15) is 13.2 Å². The molecule has 0 saturated carbocycles. The zero-order valence-corrected chi connectivity index (χ0v) is 51.0. The monoisotopic (exact) mass is 1070 g/mol. The molecule has 444 valence electrons. The Labute approximate surface area is 477 Å². The zero-order chi connectivity index (χ0) is 55.7. The van der Waals surface area contributed by atoms with Crippen LogP contribution in [0.25, 0.3) is 0 Å². The van der Waals surface area contributed by atoms with Crippen molar-refractivity contribution in [3.05, 3.63) is 85.1 Å². The Kier molecular flexibility index (Phi) is 62.2. The number of carbonyl (C=O) groups excluding carboxylic acids is 3. The third kappa shape index (κ3) is 63.3. The summed E-state index contributed by atoms with van der Waals surface area (Å²) in [5.74, 6) is -0.885. The van der Waals surface area contributed by atoms with Crippen LogP contribution in [-0.2, 0) is 28.6 Å². The lowest BCUT2D eigenvalue weighted by Gasteiger charge is -2.18. The second kappa shape index (κ2) is 65.1. The van der Waals surface area contributed by atoms with E-state index in [1.54, 1.807) is 0 Å². The molecule has 77 heavy (non-hydrogen) atoms. The van der Waals surface area contributed by atoms with Gasteiger partial charge in [-0.1, -0.05) is 286 Å². The molecule has 0 spiro atoms. The van der Waals surface area contributed by atoms with Crippen molar-refractivity contribution in [3.8, 4) is 0 Å². The smallest absolute Gasteiger partial charge is 0.306 e. The molecule has 0 saturated heterocycles. The summed E-state index contributed by atoms with van der Waals surface area (Å²) < 4.78 is 16.9. The molecule has 0 heterocycles. The third-order valence-electron chi connectivity index (χ3n) is 14.3. The molecule has 0 bridgehead atoms. The molecule has 0 aromatic rings. The summed E-state index contributed by atoms with van der Waals surface area (Å²) in [5.41, 5.74) is 0. The number of unbranched alkanes of at least 4 members (excludes halogenated alkanes) is 35. The molecule has 0 aliphatic heterocycles. The van der Waals surface area contributed by atoms with Gasteiger partial charge in [0.05, 0.1) is 0 Å². The Morgan fingerprint density at radius 2 is 0.532 bits per heavy atom. The van der Waals surface area contributed by atoms with Gasteiger partial charge in [-0.05, 0) is 109 Å². The first-order valence-electron chi connectivity index (χ1n) is 33.1. The van der Waals surface area contributed by atoms with Crippen molar-refractivity contribution in [1.82, 2.24) is 0 Å². The molecule has 0 amide bonds. The van der Waals surface area contributed by atoms with E-state index in [2.05, 4.69) is 106 Å². The van der Waals surface area contributed by atoms with Crippen LogP contribution in [0, 0.1) is 0 Å². The fourth-order valence-electron chi connectivity index (χ4n) is 9.41. The van der Waals surface area contributed by atoms with E-state index in [0.29, 0.717) is 19.3 Å². The number of esters is 3. The van der Waals surface area contributed by atoms with Crippen molar-refractivity contribution in [2.24, 2.45) is 0 Å². The highest BCUT2D eigenvalue weighted by Gasteiger charge is 2.19. The second-order valence-electron chi connectivity index (χ2n) is 22.0. The van der Waals surface area contributed by atoms with Crippen LogP contribution in [0.4, 0.5) is 0 Å². The molecule has 0 fully saturated rings. The van der Waals surface area contributed by atoms with Crippen molar-refractivity contribution in [2.45, 2.75) is 335 Å². The normalized spacial score (nSPS) is 12.6. The first-order chi connectivity index (χ1) is 38.0. The van der Waals surface area contributed by atoms with E-state index >= 15 is 0 Å². The van der Waals surface area contributed by atoms with Gasteiger partial charge in [0.2, 0.25) is 0 Å². The minimum Gasteiger partial charge on any atom is -0.462 e. The number of allylic oxidation sites excluding steroid dienone is 14. The van der Waals surface area contributed by atoms with Gasteiger partial charge in [-0.15, -0.1) is 0 Å². The minimum atomic E-state index is -0.780. The summed E-state index contributed by atoms with van der Waals surface area (Å²) >= 11 is 0. The predicted molar refractivity (Wildman–Crippen MR) is 334 cm³/mol. The van der Waals surface area contributed by atoms with Gasteiger partial charge >= 0.3 is 17.9 Å². The van der Waals surface area contributed by atoms with E-state index in [-0.39, 0.29) is 31.1 Å². The van der Waals surface area contributed by atoms with Crippen molar-refractivity contribution in [1.29, 1.82) is 0 Å². The molecule has 0 aromatic heterocycles. The largest absolute Gasteiger partial charge is 0.462 e. The van der Waals surface area contributed by atoms with Crippen LogP contribution in [0.15, 0.2) is 85.1 Å². The first kappa shape index (κ1) is 73.6. The van der Waals surface area contributed by atoms with E-state index in [4.69, 9.17) is 14.2 Å². The van der Waals surface area contributed by atoms with Crippen molar-refractivity contribution in [3.63, 3.8) is 0 Å². The molecule has 6 nitrogen and oxygen atoms in total. The minimum absolute atomic E-state index is 0.0783. The van der Waals surface area contributed by atoms with Gasteiger partial charge in [0.25, 0.3) is 0 Å². The molecule has 0 aromatic carbocycles. The van der Waals surface area contributed by atoms with E-state index in [1.807, 2.05) is 0 Å². The molecular formula is C71H124O6. The predicted octanol–water partition coefficient (Wildman–Crippen LogP) is 22.7. The number of hydrogen-bond acceptors (Lipinski definition) is 6. The van der Waals surface area contributed by atoms with E-state index in [9.17, 15) is 14.4 Å². The summed E-state index contributed by atoms with van der Waals surface area (Å²) in [5, 5.41) is 0. The van der Waals surface area contributed by atoms with Gasteiger partial charge < -0.3 is 14.2 Å². The van der Waals surface area contributed by atoms with Gasteiger partial charge in [-0.2, -0.15) is 0 Å². The summed E-state index contributed by atoms with van der Waals surface area (Å²) in [6.07, 6.45) is 86.2. The molecule has 1 atom stereocenters. The van der Waals surface area contributed by atoms with Crippen LogP contribution in [0.1, 0.15) is 329 Å². The highest BCUT2D eigenvalue weighted by atomic mass is 16.6. The molecule has 0 aliphatic rings. The van der Waals surface area contributed by atoms with Crippen LogP contribution in [0.2, 0.25) is 0 Å². The van der Waals surface area contributed by atoms with Gasteiger partial charge in [-0.3, -0.25) is 14.4 Å². The SMILES string of the molecule is CC/C=C\C/C=C\C/C=C\C/C=C\C/C=C\CCCCCCCCCCCCCCCCCCCCCC(=O)OCC(COC(=O)CCCCCCC/C=C\CCC)OC(=O)CCCCCCC/C=C\CCCCCCC.